The van der Waals surface area contributed by atoms with Crippen LogP contribution in [0.5, 0.6) is 17.2 Å². The zero-order valence-corrected chi connectivity index (χ0v) is 15.2. The van der Waals surface area contributed by atoms with E-state index in [0.717, 1.165) is 16.9 Å². The third-order valence-electron chi connectivity index (χ3n) is 4.73. The molecular formula is C19H24N4O4. The third-order valence-corrected chi connectivity index (χ3v) is 4.73. The highest BCUT2D eigenvalue weighted by Crippen LogP contribution is 2.43. The van der Waals surface area contributed by atoms with Crippen molar-refractivity contribution in [3.63, 3.8) is 0 Å². The number of methoxy groups -OCH3 is 1. The molecule has 0 aliphatic carbocycles. The Morgan fingerprint density at radius 1 is 1.22 bits per heavy atom. The molecule has 0 radical (unpaired) electrons. The number of phenols is 1. The number of ether oxygens (including phenoxy) is 2. The monoisotopic (exact) mass is 372 g/mol. The highest BCUT2D eigenvalue weighted by Gasteiger charge is 2.38. The number of nitrogens with one attached hydrogen (secondary N) is 3. The van der Waals surface area contributed by atoms with Crippen LogP contribution in [0.3, 0.4) is 0 Å². The lowest BCUT2D eigenvalue weighted by Gasteiger charge is -2.24. The van der Waals surface area contributed by atoms with Gasteiger partial charge in [-0.2, -0.15) is 0 Å². The summed E-state index contributed by atoms with van der Waals surface area (Å²) in [6.07, 6.45) is 0. The van der Waals surface area contributed by atoms with Crippen LogP contribution in [0, 0.1) is 0 Å². The first-order valence-corrected chi connectivity index (χ1v) is 8.64. The fraction of sp³-hybridized carbons (Fsp3) is 0.316. The normalized spacial score (nSPS) is 21.7. The van der Waals surface area contributed by atoms with E-state index < -0.39 is 5.91 Å². The molecule has 0 spiro atoms. The molecule has 1 heterocycles. The molecule has 1 fully saturated rings. The molecule has 3 unspecified atom stereocenters. The highest BCUT2D eigenvalue weighted by atomic mass is 16.5. The van der Waals surface area contributed by atoms with Gasteiger partial charge in [0.15, 0.2) is 6.61 Å². The second-order valence-corrected chi connectivity index (χ2v) is 6.40. The second kappa shape index (κ2) is 8.26. The van der Waals surface area contributed by atoms with Crippen LogP contribution in [0.4, 0.5) is 0 Å². The molecule has 2 aromatic rings. The van der Waals surface area contributed by atoms with Crippen LogP contribution < -0.4 is 31.6 Å². The number of para-hydroxylation sites is 1. The van der Waals surface area contributed by atoms with Crippen molar-refractivity contribution in [2.24, 2.45) is 5.84 Å². The Bertz CT molecular complexity index is 814. The van der Waals surface area contributed by atoms with Gasteiger partial charge in [-0.15, -0.1) is 0 Å². The maximum Gasteiger partial charge on any atom is 0.271 e. The molecule has 3 atom stereocenters. The van der Waals surface area contributed by atoms with Crippen LogP contribution in [0.25, 0.3) is 0 Å². The average Bonchev–Trinajstić information content (AvgIpc) is 3.07. The molecule has 27 heavy (non-hydrogen) atoms. The molecule has 144 valence electrons. The van der Waals surface area contributed by atoms with E-state index in [4.69, 9.17) is 15.3 Å². The molecule has 8 heteroatoms. The van der Waals surface area contributed by atoms with Crippen LogP contribution in [0.15, 0.2) is 42.5 Å². The Morgan fingerprint density at radius 3 is 2.70 bits per heavy atom. The minimum atomic E-state index is -0.453. The Hall–Kier alpha value is -2.81. The lowest BCUT2D eigenvalue weighted by molar-refractivity contribution is -0.123. The van der Waals surface area contributed by atoms with Crippen molar-refractivity contribution in [3.05, 3.63) is 53.6 Å². The summed E-state index contributed by atoms with van der Waals surface area (Å²) < 4.78 is 10.8. The van der Waals surface area contributed by atoms with Gasteiger partial charge >= 0.3 is 0 Å². The summed E-state index contributed by atoms with van der Waals surface area (Å²) in [5.41, 5.74) is 10.3. The van der Waals surface area contributed by atoms with E-state index in [0.29, 0.717) is 5.75 Å². The number of nitrogens with two attached hydrogens (primary N) is 1. The summed E-state index contributed by atoms with van der Waals surface area (Å²) in [5.74, 6) is 5.88. The first-order chi connectivity index (χ1) is 13.0. The Balaban J connectivity index is 1.87. The van der Waals surface area contributed by atoms with E-state index in [2.05, 4.69) is 17.8 Å². The molecule has 8 nitrogen and oxygen atoms in total. The summed E-state index contributed by atoms with van der Waals surface area (Å²) in [4.78, 5) is 11.2. The summed E-state index contributed by atoms with van der Waals surface area (Å²) in [5, 5.41) is 10.5. The van der Waals surface area contributed by atoms with Gasteiger partial charge in [0, 0.05) is 29.2 Å². The summed E-state index contributed by atoms with van der Waals surface area (Å²) in [7, 11) is 1.65. The smallest absolute Gasteiger partial charge is 0.271 e. The van der Waals surface area contributed by atoms with Crippen molar-refractivity contribution < 1.29 is 19.4 Å². The van der Waals surface area contributed by atoms with Gasteiger partial charge in [-0.05, 0) is 19.1 Å². The van der Waals surface area contributed by atoms with Gasteiger partial charge < -0.3 is 14.6 Å². The molecule has 1 aliphatic rings. The van der Waals surface area contributed by atoms with Crippen molar-refractivity contribution >= 4 is 5.91 Å². The summed E-state index contributed by atoms with van der Waals surface area (Å²) in [6.45, 7) is 1.85. The molecule has 6 N–H and O–H groups in total. The van der Waals surface area contributed by atoms with Crippen LogP contribution in [-0.2, 0) is 4.79 Å². The summed E-state index contributed by atoms with van der Waals surface area (Å²) in [6, 6.07) is 12.8. The zero-order valence-electron chi connectivity index (χ0n) is 15.2. The van der Waals surface area contributed by atoms with Crippen LogP contribution in [-0.4, -0.2) is 30.8 Å². The second-order valence-electron chi connectivity index (χ2n) is 6.40. The minimum Gasteiger partial charge on any atom is -0.507 e. The van der Waals surface area contributed by atoms with Crippen molar-refractivity contribution in [2.75, 3.05) is 13.7 Å². The number of aromatic hydroxyl groups is 1. The number of carbonyl (C=O) groups is 1. The van der Waals surface area contributed by atoms with Crippen molar-refractivity contribution in [1.29, 1.82) is 0 Å². The predicted molar refractivity (Wildman–Crippen MR) is 100 cm³/mol. The molecule has 1 saturated heterocycles. The van der Waals surface area contributed by atoms with E-state index in [1.807, 2.05) is 29.7 Å². The average molecular weight is 372 g/mol. The molecular weight excluding hydrogens is 348 g/mol. The summed E-state index contributed by atoms with van der Waals surface area (Å²) >= 11 is 0. The lowest BCUT2D eigenvalue weighted by atomic mass is 9.83. The first-order valence-electron chi connectivity index (χ1n) is 8.64. The first kappa shape index (κ1) is 19.0. The highest BCUT2D eigenvalue weighted by molar-refractivity contribution is 5.76. The Labute approximate surface area is 157 Å². The minimum absolute atomic E-state index is 0.0434. The predicted octanol–water partition coefficient (Wildman–Crippen LogP) is 1.09. The molecule has 0 bridgehead atoms. The fourth-order valence-electron chi connectivity index (χ4n) is 3.42. The fourth-order valence-corrected chi connectivity index (χ4v) is 3.42. The molecule has 1 aliphatic heterocycles. The topological polar surface area (TPSA) is 118 Å². The van der Waals surface area contributed by atoms with Gasteiger partial charge in [-0.3, -0.25) is 15.6 Å². The molecule has 0 aromatic heterocycles. The van der Waals surface area contributed by atoms with Gasteiger partial charge in [-0.1, -0.05) is 24.3 Å². The van der Waals surface area contributed by atoms with E-state index in [1.54, 1.807) is 19.2 Å². The quantitative estimate of drug-likeness (QED) is 0.293. The van der Waals surface area contributed by atoms with Crippen LogP contribution in [0.2, 0.25) is 0 Å². The van der Waals surface area contributed by atoms with Gasteiger partial charge in [0.1, 0.15) is 17.2 Å². The maximum atomic E-state index is 11.2. The van der Waals surface area contributed by atoms with Gasteiger partial charge in [-0.25, -0.2) is 11.3 Å². The number of hydrogen-bond acceptors (Lipinski definition) is 7. The largest absolute Gasteiger partial charge is 0.507 e. The molecule has 1 amide bonds. The van der Waals surface area contributed by atoms with Crippen molar-refractivity contribution in [3.8, 4) is 17.2 Å². The van der Waals surface area contributed by atoms with Crippen LogP contribution in [0.1, 0.15) is 30.0 Å². The Morgan fingerprint density at radius 2 is 2.00 bits per heavy atom. The number of hydrazine groups is 2. The van der Waals surface area contributed by atoms with E-state index in [9.17, 15) is 9.90 Å². The molecule has 2 aromatic carbocycles. The number of rotatable bonds is 6. The van der Waals surface area contributed by atoms with E-state index >= 15 is 0 Å². The molecule has 3 rings (SSSR count). The van der Waals surface area contributed by atoms with E-state index in [-0.39, 0.29) is 30.4 Å². The van der Waals surface area contributed by atoms with Crippen molar-refractivity contribution in [1.82, 2.24) is 16.3 Å². The van der Waals surface area contributed by atoms with Crippen molar-refractivity contribution in [2.45, 2.75) is 24.9 Å². The number of carbonyl (C=O) groups excluding carboxylic acids is 1. The van der Waals surface area contributed by atoms with Crippen LogP contribution >= 0.6 is 0 Å². The van der Waals surface area contributed by atoms with E-state index in [1.165, 1.54) is 6.07 Å². The third kappa shape index (κ3) is 3.97. The SMILES string of the molecule is COc1ccccc1C1C(C)NNC1c1ccc(OCC(=O)NN)cc1O. The van der Waals surface area contributed by atoms with Gasteiger partial charge in [0.2, 0.25) is 0 Å². The number of benzene rings is 2. The number of hydrogen-bond donors (Lipinski definition) is 5. The van der Waals surface area contributed by atoms with Gasteiger partial charge in [0.25, 0.3) is 5.91 Å². The zero-order chi connectivity index (χ0) is 19.4. The van der Waals surface area contributed by atoms with Gasteiger partial charge in [0.05, 0.1) is 13.2 Å². The lowest BCUT2D eigenvalue weighted by Crippen LogP contribution is -2.34. The molecule has 0 saturated carbocycles. The number of amides is 1. The maximum absolute atomic E-state index is 11.2. The standard InChI is InChI=1S/C19H24N4O4/c1-11-18(14-5-3-4-6-16(14)26-2)19(23-22-11)13-8-7-12(9-15(13)24)27-10-17(25)21-20/h3-9,11,18-19,22-24H,10,20H2,1-2H3,(H,21,25). The Kier molecular flexibility index (Phi) is 5.80. The number of phenolic OH excluding ortho intramolecular Hbond substituents is 1.